The molecule has 1 saturated heterocycles. The predicted octanol–water partition coefficient (Wildman–Crippen LogP) is 3.44. The molecule has 2 aromatic rings. The average Bonchev–Trinajstić information content (AvgIpc) is 2.90. The number of rotatable bonds is 4. The van der Waals surface area contributed by atoms with E-state index in [-0.39, 0.29) is 0 Å². The maximum Gasteiger partial charge on any atom is 0.0394 e. The third-order valence-corrected chi connectivity index (χ3v) is 4.64. The van der Waals surface area contributed by atoms with Crippen LogP contribution in [0.2, 0.25) is 0 Å². The van der Waals surface area contributed by atoms with E-state index in [0.717, 1.165) is 13.1 Å². The quantitative estimate of drug-likeness (QED) is 0.913. The second kappa shape index (κ2) is 5.94. The van der Waals surface area contributed by atoms with E-state index in [9.17, 15) is 0 Å². The molecule has 1 N–H and O–H groups in total. The van der Waals surface area contributed by atoms with Crippen molar-refractivity contribution in [3.8, 4) is 0 Å². The smallest absolute Gasteiger partial charge is 0.0394 e. The summed E-state index contributed by atoms with van der Waals surface area (Å²) in [6.45, 7) is 5.73. The molecule has 0 bridgehead atoms. The molecule has 0 aliphatic carbocycles. The molecule has 106 valence electrons. The summed E-state index contributed by atoms with van der Waals surface area (Å²) in [5.41, 5.74) is 1.50. The van der Waals surface area contributed by atoms with Crippen LogP contribution in [-0.4, -0.2) is 31.6 Å². The van der Waals surface area contributed by atoms with Crippen molar-refractivity contribution in [2.75, 3.05) is 26.7 Å². The highest BCUT2D eigenvalue weighted by Crippen LogP contribution is 2.39. The van der Waals surface area contributed by atoms with E-state index >= 15 is 0 Å². The number of fused-ring (bicyclic) bond motifs is 1. The molecule has 2 heteroatoms. The molecule has 2 unspecified atom stereocenters. The molecule has 3 rings (SSSR count). The number of benzene rings is 2. The van der Waals surface area contributed by atoms with Crippen LogP contribution < -0.4 is 5.32 Å². The zero-order chi connectivity index (χ0) is 13.9. The van der Waals surface area contributed by atoms with Crippen LogP contribution in [0.5, 0.6) is 0 Å². The molecule has 20 heavy (non-hydrogen) atoms. The molecule has 0 aromatic heterocycles. The van der Waals surface area contributed by atoms with Gasteiger partial charge in [-0.05, 0) is 55.4 Å². The van der Waals surface area contributed by atoms with Crippen molar-refractivity contribution in [1.82, 2.24) is 10.2 Å². The van der Waals surface area contributed by atoms with Crippen molar-refractivity contribution in [1.29, 1.82) is 0 Å². The summed E-state index contributed by atoms with van der Waals surface area (Å²) in [6.07, 6.45) is 1.29. The summed E-state index contributed by atoms with van der Waals surface area (Å²) in [6, 6.07) is 16.1. The summed E-state index contributed by atoms with van der Waals surface area (Å²) >= 11 is 0. The lowest BCUT2D eigenvalue weighted by molar-refractivity contribution is 0.240. The Morgan fingerprint density at radius 1 is 1.15 bits per heavy atom. The average molecular weight is 268 g/mol. The van der Waals surface area contributed by atoms with Crippen molar-refractivity contribution in [2.24, 2.45) is 5.92 Å². The topological polar surface area (TPSA) is 15.3 Å². The minimum atomic E-state index is 0.554. The first kappa shape index (κ1) is 13.6. The molecule has 0 spiro atoms. The van der Waals surface area contributed by atoms with Gasteiger partial charge in [-0.1, -0.05) is 49.4 Å². The molecular formula is C18H24N2. The van der Waals surface area contributed by atoms with Gasteiger partial charge in [0.1, 0.15) is 0 Å². The van der Waals surface area contributed by atoms with Gasteiger partial charge in [0, 0.05) is 6.04 Å². The van der Waals surface area contributed by atoms with E-state index in [1.165, 1.54) is 29.3 Å². The molecule has 2 atom stereocenters. The minimum Gasteiger partial charge on any atom is -0.319 e. The van der Waals surface area contributed by atoms with E-state index in [2.05, 4.69) is 66.7 Å². The van der Waals surface area contributed by atoms with E-state index in [0.29, 0.717) is 12.0 Å². The van der Waals surface area contributed by atoms with Gasteiger partial charge >= 0.3 is 0 Å². The molecular weight excluding hydrogens is 244 g/mol. The molecule has 1 heterocycles. The monoisotopic (exact) mass is 268 g/mol. The van der Waals surface area contributed by atoms with Gasteiger partial charge in [0.15, 0.2) is 0 Å². The van der Waals surface area contributed by atoms with Crippen molar-refractivity contribution >= 4 is 10.8 Å². The number of hydrogen-bond acceptors (Lipinski definition) is 2. The zero-order valence-electron chi connectivity index (χ0n) is 12.5. The number of hydrogen-bond donors (Lipinski definition) is 1. The lowest BCUT2D eigenvalue weighted by atomic mass is 9.90. The Hall–Kier alpha value is -1.38. The second-order valence-electron chi connectivity index (χ2n) is 5.75. The first-order chi connectivity index (χ1) is 9.85. The Morgan fingerprint density at radius 3 is 2.75 bits per heavy atom. The van der Waals surface area contributed by atoms with Crippen LogP contribution in [0.1, 0.15) is 24.9 Å². The predicted molar refractivity (Wildman–Crippen MR) is 86.0 cm³/mol. The minimum absolute atomic E-state index is 0.554. The Bertz CT molecular complexity index is 573. The third-order valence-electron chi connectivity index (χ3n) is 4.64. The van der Waals surface area contributed by atoms with Crippen molar-refractivity contribution in [2.45, 2.75) is 19.4 Å². The van der Waals surface area contributed by atoms with Gasteiger partial charge < -0.3 is 5.32 Å². The number of nitrogens with zero attached hydrogens (tertiary/aromatic N) is 1. The van der Waals surface area contributed by atoms with Crippen LogP contribution >= 0.6 is 0 Å². The lowest BCUT2D eigenvalue weighted by Crippen LogP contribution is -2.29. The molecule has 1 aliphatic heterocycles. The summed E-state index contributed by atoms with van der Waals surface area (Å²) in [5, 5.41) is 6.15. The summed E-state index contributed by atoms with van der Waals surface area (Å²) in [4.78, 5) is 2.63. The molecule has 2 nitrogen and oxygen atoms in total. The first-order valence-electron chi connectivity index (χ1n) is 7.71. The van der Waals surface area contributed by atoms with Gasteiger partial charge in [0.25, 0.3) is 0 Å². The van der Waals surface area contributed by atoms with Crippen molar-refractivity contribution in [3.63, 3.8) is 0 Å². The summed E-state index contributed by atoms with van der Waals surface area (Å²) in [5.74, 6) is 0.714. The number of likely N-dealkylation sites (tertiary alicyclic amines) is 1. The van der Waals surface area contributed by atoms with Crippen molar-refractivity contribution in [3.05, 3.63) is 48.0 Å². The Balaban J connectivity index is 2.07. The summed E-state index contributed by atoms with van der Waals surface area (Å²) < 4.78 is 0. The molecule has 0 saturated carbocycles. The van der Waals surface area contributed by atoms with Crippen LogP contribution in [0, 0.1) is 5.92 Å². The highest BCUT2D eigenvalue weighted by molar-refractivity contribution is 5.86. The summed E-state index contributed by atoms with van der Waals surface area (Å²) in [7, 11) is 2.06. The highest BCUT2D eigenvalue weighted by atomic mass is 15.2. The van der Waals surface area contributed by atoms with E-state index in [1.807, 2.05) is 0 Å². The standard InChI is InChI=1S/C18H24N2/c1-3-20-12-11-15(13-19-2)18(20)17-10-6-8-14-7-4-5-9-16(14)17/h4-10,15,18-19H,3,11-13H2,1-2H3. The van der Waals surface area contributed by atoms with Gasteiger partial charge in [-0.25, -0.2) is 0 Å². The molecule has 1 aliphatic rings. The zero-order valence-corrected chi connectivity index (χ0v) is 12.5. The Morgan fingerprint density at radius 2 is 1.95 bits per heavy atom. The fraction of sp³-hybridized carbons (Fsp3) is 0.444. The maximum absolute atomic E-state index is 3.38. The first-order valence-corrected chi connectivity index (χ1v) is 7.71. The van der Waals surface area contributed by atoms with E-state index in [1.54, 1.807) is 0 Å². The van der Waals surface area contributed by atoms with Crippen LogP contribution in [0.15, 0.2) is 42.5 Å². The van der Waals surface area contributed by atoms with Gasteiger partial charge in [0.05, 0.1) is 0 Å². The second-order valence-corrected chi connectivity index (χ2v) is 5.75. The highest BCUT2D eigenvalue weighted by Gasteiger charge is 2.34. The normalized spacial score (nSPS) is 23.5. The largest absolute Gasteiger partial charge is 0.319 e. The Kier molecular flexibility index (Phi) is 4.04. The lowest BCUT2D eigenvalue weighted by Gasteiger charge is -2.28. The SMILES string of the molecule is CCN1CCC(CNC)C1c1cccc2ccccc12. The van der Waals surface area contributed by atoms with E-state index in [4.69, 9.17) is 0 Å². The van der Waals surface area contributed by atoms with Gasteiger partial charge in [0.2, 0.25) is 0 Å². The number of nitrogens with one attached hydrogen (secondary N) is 1. The van der Waals surface area contributed by atoms with Crippen LogP contribution in [0.25, 0.3) is 10.8 Å². The Labute approximate surface area is 121 Å². The molecule has 1 fully saturated rings. The molecule has 2 aromatic carbocycles. The fourth-order valence-electron chi connectivity index (χ4n) is 3.72. The maximum atomic E-state index is 3.38. The van der Waals surface area contributed by atoms with Gasteiger partial charge in [-0.15, -0.1) is 0 Å². The third kappa shape index (κ3) is 2.34. The molecule has 0 amide bonds. The van der Waals surface area contributed by atoms with Crippen LogP contribution in [0.4, 0.5) is 0 Å². The van der Waals surface area contributed by atoms with Gasteiger partial charge in [-0.3, -0.25) is 4.90 Å². The van der Waals surface area contributed by atoms with Crippen LogP contribution in [-0.2, 0) is 0 Å². The van der Waals surface area contributed by atoms with Gasteiger partial charge in [-0.2, -0.15) is 0 Å². The van der Waals surface area contributed by atoms with Crippen LogP contribution in [0.3, 0.4) is 0 Å². The van der Waals surface area contributed by atoms with E-state index < -0.39 is 0 Å². The van der Waals surface area contributed by atoms with Crippen molar-refractivity contribution < 1.29 is 0 Å². The molecule has 0 radical (unpaired) electrons. The fourth-order valence-corrected chi connectivity index (χ4v) is 3.72.